The number of aliphatic hydroxyl groups is 1. The molecule has 4 saturated heterocycles. The number of rotatable bonds is 16. The summed E-state index contributed by atoms with van der Waals surface area (Å²) in [5, 5.41) is 9.68. The number of hydrogen-bond acceptors (Lipinski definition) is 11. The number of hydrogen-bond donors (Lipinski definition) is 1. The van der Waals surface area contributed by atoms with E-state index < -0.39 is 23.1 Å². The number of ether oxygens (including phenoxy) is 10. The number of methoxy groups -OCH3 is 1. The summed E-state index contributed by atoms with van der Waals surface area (Å²) in [6, 6.07) is 8.05. The molecule has 0 aromatic heterocycles. The van der Waals surface area contributed by atoms with E-state index in [-0.39, 0.29) is 73.4 Å². The summed E-state index contributed by atoms with van der Waals surface area (Å²) < 4.78 is 63.5. The van der Waals surface area contributed by atoms with E-state index in [9.17, 15) is 5.11 Å². The Hall–Kier alpha value is -1.64. The van der Waals surface area contributed by atoms with Crippen molar-refractivity contribution < 1.29 is 52.5 Å². The van der Waals surface area contributed by atoms with Gasteiger partial charge in [0.25, 0.3) is 0 Å². The maximum atomic E-state index is 9.68. The Morgan fingerprint density at radius 3 is 1.65 bits per heavy atom. The van der Waals surface area contributed by atoms with E-state index in [0.29, 0.717) is 18.9 Å². The predicted molar refractivity (Wildman–Crippen MR) is 219 cm³/mol. The molecule has 1 aromatic carbocycles. The van der Waals surface area contributed by atoms with Crippen molar-refractivity contribution in [2.45, 2.75) is 213 Å². The Balaban J connectivity index is 1.18. The first-order valence-electron chi connectivity index (χ1n) is 21.6. The van der Waals surface area contributed by atoms with Gasteiger partial charge in [0, 0.05) is 57.0 Å². The molecule has 11 heteroatoms. The second-order valence-electron chi connectivity index (χ2n) is 19.2. The zero-order chi connectivity index (χ0) is 41.8. The molecule has 0 spiro atoms. The summed E-state index contributed by atoms with van der Waals surface area (Å²) in [6.07, 6.45) is 9.00. The molecular formula is C46H76O11. The molecule has 0 saturated carbocycles. The van der Waals surface area contributed by atoms with Gasteiger partial charge in [0.2, 0.25) is 0 Å². The Morgan fingerprint density at radius 1 is 0.667 bits per heavy atom. The van der Waals surface area contributed by atoms with E-state index in [0.717, 1.165) is 49.8 Å². The molecule has 4 fully saturated rings. The quantitative estimate of drug-likeness (QED) is 0.162. The number of aliphatic hydroxyl groups excluding tert-OH is 1. The fourth-order valence-corrected chi connectivity index (χ4v) is 9.47. The van der Waals surface area contributed by atoms with Gasteiger partial charge in [-0.05, 0) is 85.4 Å². The van der Waals surface area contributed by atoms with Crippen molar-refractivity contribution in [2.75, 3.05) is 13.7 Å². The van der Waals surface area contributed by atoms with Crippen LogP contribution in [-0.2, 0) is 49.2 Å². The topological polar surface area (TPSA) is 113 Å². The molecule has 4 aliphatic heterocycles. The monoisotopic (exact) mass is 805 g/mol. The molecule has 57 heavy (non-hydrogen) atoms. The van der Waals surface area contributed by atoms with Crippen LogP contribution in [-0.4, -0.2) is 96.9 Å². The third-order valence-corrected chi connectivity index (χ3v) is 11.6. The molecule has 0 aliphatic carbocycles. The van der Waals surface area contributed by atoms with Crippen LogP contribution in [0, 0.1) is 17.8 Å². The van der Waals surface area contributed by atoms with Gasteiger partial charge in [-0.2, -0.15) is 0 Å². The maximum Gasteiger partial charge on any atom is 0.163 e. The van der Waals surface area contributed by atoms with Crippen LogP contribution >= 0.6 is 0 Å². The van der Waals surface area contributed by atoms with Crippen LogP contribution in [0.3, 0.4) is 0 Å². The van der Waals surface area contributed by atoms with Crippen molar-refractivity contribution in [2.24, 2.45) is 17.8 Å². The minimum absolute atomic E-state index is 0.0477. The first-order valence-corrected chi connectivity index (χ1v) is 21.6. The highest BCUT2D eigenvalue weighted by molar-refractivity contribution is 5.26. The summed E-state index contributed by atoms with van der Waals surface area (Å²) in [5.41, 5.74) is 1.12. The largest absolute Gasteiger partial charge is 0.497 e. The highest BCUT2D eigenvalue weighted by atomic mass is 16.7. The summed E-state index contributed by atoms with van der Waals surface area (Å²) in [7, 11) is 1.68. The second kappa shape index (κ2) is 19.4. The van der Waals surface area contributed by atoms with Gasteiger partial charge in [0.15, 0.2) is 23.1 Å². The normalized spacial score (nSPS) is 34.9. The highest BCUT2D eigenvalue weighted by Gasteiger charge is 2.46. The zero-order valence-corrected chi connectivity index (χ0v) is 37.3. The van der Waals surface area contributed by atoms with Gasteiger partial charge in [0.05, 0.1) is 68.7 Å². The van der Waals surface area contributed by atoms with Crippen LogP contribution < -0.4 is 4.74 Å². The fraction of sp³-hybridized carbons (Fsp3) is 0.826. The van der Waals surface area contributed by atoms with Crippen LogP contribution in [0.25, 0.3) is 0 Å². The van der Waals surface area contributed by atoms with Gasteiger partial charge in [-0.25, -0.2) is 0 Å². The van der Waals surface area contributed by atoms with Gasteiger partial charge in [0.1, 0.15) is 5.75 Å². The van der Waals surface area contributed by atoms with E-state index >= 15 is 0 Å². The van der Waals surface area contributed by atoms with Crippen molar-refractivity contribution in [3.63, 3.8) is 0 Å². The minimum Gasteiger partial charge on any atom is -0.497 e. The van der Waals surface area contributed by atoms with E-state index in [1.165, 1.54) is 0 Å². The van der Waals surface area contributed by atoms with Crippen LogP contribution in [0.15, 0.2) is 36.4 Å². The first kappa shape index (κ1) is 46.4. The lowest BCUT2D eigenvalue weighted by atomic mass is 9.87. The Labute approximate surface area is 343 Å². The average Bonchev–Trinajstić information content (AvgIpc) is 3.07. The Morgan fingerprint density at radius 2 is 1.14 bits per heavy atom. The molecule has 0 bridgehead atoms. The molecule has 0 radical (unpaired) electrons. The van der Waals surface area contributed by atoms with Crippen molar-refractivity contribution in [3.05, 3.63) is 42.0 Å². The van der Waals surface area contributed by atoms with Crippen molar-refractivity contribution >= 4 is 0 Å². The van der Waals surface area contributed by atoms with Crippen molar-refractivity contribution in [3.8, 4) is 5.75 Å². The van der Waals surface area contributed by atoms with Gasteiger partial charge >= 0.3 is 0 Å². The molecule has 11 nitrogen and oxygen atoms in total. The highest BCUT2D eigenvalue weighted by Crippen LogP contribution is 2.41. The molecular weight excluding hydrogens is 728 g/mol. The Bertz CT molecular complexity index is 1410. The smallest absolute Gasteiger partial charge is 0.163 e. The molecule has 0 unspecified atom stereocenters. The van der Waals surface area contributed by atoms with E-state index in [4.69, 9.17) is 47.4 Å². The SMILES string of the molecule is COc1ccc(CO[C@@H](C(C)C)[C@@H](C)C=C[C@H]2C[C@@H](C[C@@H]3C[C@@H](C[C@@H]4C[C@H](C[C@H]5OC(C)(C)O[C@@H](CCO)[C@@H]5C)OC(C)(C)O4)OC(C)(C)O3)OC(C)(C)O2)cc1. The summed E-state index contributed by atoms with van der Waals surface area (Å²) in [6.45, 7) is 25.3. The molecule has 1 N–H and O–H groups in total. The first-order chi connectivity index (χ1) is 26.6. The van der Waals surface area contributed by atoms with Gasteiger partial charge < -0.3 is 52.5 Å². The van der Waals surface area contributed by atoms with Gasteiger partial charge in [-0.15, -0.1) is 0 Å². The molecule has 1 aromatic rings. The zero-order valence-electron chi connectivity index (χ0n) is 37.3. The molecule has 4 heterocycles. The van der Waals surface area contributed by atoms with Gasteiger partial charge in [-0.3, -0.25) is 0 Å². The van der Waals surface area contributed by atoms with Crippen LogP contribution in [0.5, 0.6) is 5.75 Å². The predicted octanol–water partition coefficient (Wildman–Crippen LogP) is 8.87. The average molecular weight is 805 g/mol. The lowest BCUT2D eigenvalue weighted by Gasteiger charge is -2.48. The summed E-state index contributed by atoms with van der Waals surface area (Å²) in [4.78, 5) is 0. The van der Waals surface area contributed by atoms with Crippen molar-refractivity contribution in [1.82, 2.24) is 0 Å². The Kier molecular flexibility index (Phi) is 15.8. The third kappa shape index (κ3) is 13.9. The van der Waals surface area contributed by atoms with Crippen LogP contribution in [0.4, 0.5) is 0 Å². The van der Waals surface area contributed by atoms with E-state index in [1.54, 1.807) is 7.11 Å². The fourth-order valence-electron chi connectivity index (χ4n) is 9.47. The number of benzene rings is 1. The molecule has 5 rings (SSSR count). The molecule has 0 amide bonds. The van der Waals surface area contributed by atoms with E-state index in [2.05, 4.69) is 52.0 Å². The summed E-state index contributed by atoms with van der Waals surface area (Å²) >= 11 is 0. The molecule has 11 atom stereocenters. The second-order valence-corrected chi connectivity index (χ2v) is 19.2. The van der Waals surface area contributed by atoms with Gasteiger partial charge in [-0.1, -0.05) is 52.0 Å². The standard InChI is InChI=1S/C46H76O11/c1-29(2)42(49-28-32-15-18-33(48-13)19-16-32)30(3)14-17-34-22-35(51-43(5,6)50-34)23-36-24-37(53-44(7,8)52-36)25-38-26-39(55-45(9,10)54-38)27-41-31(4)40(20-21-47)56-46(11,12)57-41/h14-19,29-31,34-42,47H,20-28H2,1-13H3/t30-,31-,34-,35-,36+,37-,38+,39+,40-,41+,42-/m0/s1. The minimum atomic E-state index is -0.751. The van der Waals surface area contributed by atoms with Crippen LogP contribution in [0.2, 0.25) is 0 Å². The third-order valence-electron chi connectivity index (χ3n) is 11.6. The maximum absolute atomic E-state index is 9.68. The van der Waals surface area contributed by atoms with E-state index in [1.807, 2.05) is 67.5 Å². The lowest BCUT2D eigenvalue weighted by molar-refractivity contribution is -0.344. The van der Waals surface area contributed by atoms with Crippen LogP contribution in [0.1, 0.15) is 134 Å². The van der Waals surface area contributed by atoms with Crippen molar-refractivity contribution in [1.29, 1.82) is 0 Å². The lowest BCUT2D eigenvalue weighted by Crippen LogP contribution is -2.53. The molecule has 4 aliphatic rings. The summed E-state index contributed by atoms with van der Waals surface area (Å²) in [5.74, 6) is -1.47. The molecule has 326 valence electrons.